The molecule has 0 saturated heterocycles. The lowest BCUT2D eigenvalue weighted by molar-refractivity contribution is -0.104. The summed E-state index contributed by atoms with van der Waals surface area (Å²) in [5.74, 6) is 0. The number of unbranched alkanes of at least 4 members (excludes halogenated alkanes) is 19. The molecular formula is C62H100O6. The first kappa shape index (κ1) is 74.4. The third kappa shape index (κ3) is 108. The highest BCUT2D eigenvalue weighted by Gasteiger charge is 1.86. The first-order chi connectivity index (χ1) is 33.5. The summed E-state index contributed by atoms with van der Waals surface area (Å²) in [6.07, 6.45) is 80.9. The normalized spacial score (nSPS) is 11.4. The largest absolute Gasteiger partial charge is 0.299 e. The summed E-state index contributed by atoms with van der Waals surface area (Å²) in [4.78, 5) is 59.0. The Balaban J connectivity index is -0.000000170. The van der Waals surface area contributed by atoms with Crippen molar-refractivity contribution in [1.82, 2.24) is 0 Å². The van der Waals surface area contributed by atoms with E-state index < -0.39 is 0 Å². The molecule has 0 heterocycles. The van der Waals surface area contributed by atoms with Crippen molar-refractivity contribution in [2.45, 2.75) is 208 Å². The van der Waals surface area contributed by atoms with Crippen LogP contribution in [-0.4, -0.2) is 37.7 Å². The van der Waals surface area contributed by atoms with E-state index in [1.807, 2.05) is 42.5 Å². The van der Waals surface area contributed by atoms with Crippen molar-refractivity contribution in [1.29, 1.82) is 0 Å². The Kier molecular flexibility index (Phi) is 97.0. The minimum Gasteiger partial charge on any atom is -0.299 e. The second-order valence-electron chi connectivity index (χ2n) is 15.3. The summed E-state index contributed by atoms with van der Waals surface area (Å²) in [6, 6.07) is 0. The Morgan fingerprint density at radius 1 is 0.176 bits per heavy atom. The van der Waals surface area contributed by atoms with Gasteiger partial charge in [-0.15, -0.1) is 0 Å². The molecule has 6 nitrogen and oxygen atoms in total. The fraction of sp³-hybridized carbons (Fsp3) is 0.516. The van der Waals surface area contributed by atoms with E-state index in [0.29, 0.717) is 0 Å². The number of hydrogen-bond acceptors (Lipinski definition) is 6. The zero-order chi connectivity index (χ0) is 51.6. The van der Waals surface area contributed by atoms with Gasteiger partial charge in [0.1, 0.15) is 37.7 Å². The zero-order valence-electron chi connectivity index (χ0n) is 44.2. The maximum Gasteiger partial charge on any atom is 0.142 e. The van der Waals surface area contributed by atoms with Crippen LogP contribution in [0.2, 0.25) is 0 Å². The molecule has 384 valence electrons. The van der Waals surface area contributed by atoms with Crippen LogP contribution in [0.3, 0.4) is 0 Å². The van der Waals surface area contributed by atoms with Gasteiger partial charge >= 0.3 is 0 Å². The summed E-state index contributed by atoms with van der Waals surface area (Å²) in [5, 5.41) is 0. The average Bonchev–Trinajstić information content (AvgIpc) is 3.36. The van der Waals surface area contributed by atoms with Crippen LogP contribution < -0.4 is 0 Å². The number of aldehydes is 6. The highest BCUT2D eigenvalue weighted by Crippen LogP contribution is 2.06. The lowest BCUT2D eigenvalue weighted by atomic mass is 10.1. The maximum atomic E-state index is 9.91. The SMILES string of the molecule is CCC/C=C/C=C/C=O.CCCC/C=C/C=C/C=O.CCCCC/C=C/C=C/C=O.CCCCC/C=C/CC/C=C/C=O.CCCCCC/C=C/C=C/C=O.CCCCCCC/C=C/C=C/C=O. The minimum atomic E-state index is 0.774. The first-order valence-electron chi connectivity index (χ1n) is 26.1. The molecule has 0 fully saturated rings. The molecule has 0 aliphatic heterocycles. The van der Waals surface area contributed by atoms with E-state index in [4.69, 9.17) is 0 Å². The second-order valence-corrected chi connectivity index (χ2v) is 15.3. The Hall–Kier alpha value is -5.10. The quantitative estimate of drug-likeness (QED) is 0.0201. The fourth-order valence-electron chi connectivity index (χ4n) is 5.07. The van der Waals surface area contributed by atoms with Gasteiger partial charge in [0.05, 0.1) is 0 Å². The van der Waals surface area contributed by atoms with Crippen LogP contribution in [0.1, 0.15) is 208 Å². The molecule has 0 aromatic heterocycles. The molecule has 0 radical (unpaired) electrons. The Morgan fingerprint density at radius 3 is 0.750 bits per heavy atom. The molecule has 0 aromatic rings. The van der Waals surface area contributed by atoms with Gasteiger partial charge in [-0.1, -0.05) is 241 Å². The number of allylic oxidation sites excluding steroid dienone is 24. The number of hydrogen-bond donors (Lipinski definition) is 0. The standard InChI is InChI=1S/2C12H20O.C11H18O.C10H16O.C9H14O.C8H12O/c2*1-2-3-4-5-6-7-8-9-10-11-12-13;1-2-3-4-5-6-7-8-9-10-11-12;1-2-3-4-5-6-7-8-9-10-11;1-2-3-4-5-6-7-8-9-10;1-2-3-4-5-6-7-8-9/h8-12H,2-7H2,1H3;6-7,10-12H,2-5,8-9H2,1H3;7-11H,2-6H2,1H3;6-10H,2-5H2,1H3;5-9H,2-4H2,1H3;4-8H,2-3H2,1H3/b9-8+,11-10+;7-6+,11-10+;8-7+,10-9+;7-6+,9-8+;6-5+,8-7+;5-4+,7-6+. The molecule has 0 aromatic carbocycles. The van der Waals surface area contributed by atoms with Crippen molar-refractivity contribution in [3.05, 3.63) is 146 Å². The van der Waals surface area contributed by atoms with Gasteiger partial charge in [-0.3, -0.25) is 28.8 Å². The molecule has 0 amide bonds. The van der Waals surface area contributed by atoms with E-state index in [0.717, 1.165) is 89.1 Å². The van der Waals surface area contributed by atoms with E-state index in [1.165, 1.54) is 146 Å². The predicted octanol–water partition coefficient (Wildman–Crippen LogP) is 18.0. The van der Waals surface area contributed by atoms with Crippen LogP contribution in [0.5, 0.6) is 0 Å². The van der Waals surface area contributed by atoms with Gasteiger partial charge in [-0.05, 0) is 114 Å². The Labute approximate surface area is 419 Å². The van der Waals surface area contributed by atoms with Crippen LogP contribution in [0, 0.1) is 0 Å². The number of carbonyl (C=O) groups is 6. The molecule has 0 atom stereocenters. The molecule has 0 bridgehead atoms. The maximum absolute atomic E-state index is 9.91. The summed E-state index contributed by atoms with van der Waals surface area (Å²) in [7, 11) is 0. The van der Waals surface area contributed by atoms with Gasteiger partial charge in [0, 0.05) is 0 Å². The number of carbonyl (C=O) groups excluding carboxylic acids is 6. The molecule has 0 unspecified atom stereocenters. The van der Waals surface area contributed by atoms with Crippen LogP contribution in [0.25, 0.3) is 0 Å². The average molecular weight is 941 g/mol. The Bertz CT molecular complexity index is 1360. The monoisotopic (exact) mass is 941 g/mol. The minimum absolute atomic E-state index is 0.774. The third-order valence-electron chi connectivity index (χ3n) is 8.89. The summed E-state index contributed by atoms with van der Waals surface area (Å²) in [6.45, 7) is 13.1. The molecule has 0 aliphatic rings. The molecule has 0 spiro atoms. The molecule has 0 rings (SSSR count). The highest BCUT2D eigenvalue weighted by molar-refractivity contribution is 5.66. The summed E-state index contributed by atoms with van der Waals surface area (Å²) < 4.78 is 0. The molecule has 0 N–H and O–H groups in total. The molecule has 0 saturated carbocycles. The molecular weight excluding hydrogens is 841 g/mol. The Morgan fingerprint density at radius 2 is 0.412 bits per heavy atom. The van der Waals surface area contributed by atoms with Crippen molar-refractivity contribution < 1.29 is 28.8 Å². The molecule has 68 heavy (non-hydrogen) atoms. The topological polar surface area (TPSA) is 102 Å². The number of rotatable bonds is 38. The van der Waals surface area contributed by atoms with Crippen molar-refractivity contribution >= 4 is 37.7 Å². The lowest BCUT2D eigenvalue weighted by Gasteiger charge is -1.95. The lowest BCUT2D eigenvalue weighted by Crippen LogP contribution is -1.75. The van der Waals surface area contributed by atoms with E-state index in [9.17, 15) is 28.8 Å². The zero-order valence-corrected chi connectivity index (χ0v) is 44.2. The van der Waals surface area contributed by atoms with Gasteiger partial charge in [0.25, 0.3) is 0 Å². The van der Waals surface area contributed by atoms with Gasteiger partial charge in [-0.25, -0.2) is 0 Å². The fourth-order valence-corrected chi connectivity index (χ4v) is 5.07. The predicted molar refractivity (Wildman–Crippen MR) is 300 cm³/mol. The highest BCUT2D eigenvalue weighted by atomic mass is 16.1. The van der Waals surface area contributed by atoms with Crippen molar-refractivity contribution in [3.63, 3.8) is 0 Å². The van der Waals surface area contributed by atoms with E-state index in [-0.39, 0.29) is 0 Å². The van der Waals surface area contributed by atoms with Gasteiger partial charge in [-0.2, -0.15) is 0 Å². The van der Waals surface area contributed by atoms with Gasteiger partial charge in [0.2, 0.25) is 0 Å². The van der Waals surface area contributed by atoms with Crippen LogP contribution in [-0.2, 0) is 28.8 Å². The van der Waals surface area contributed by atoms with Gasteiger partial charge in [0.15, 0.2) is 0 Å². The summed E-state index contributed by atoms with van der Waals surface area (Å²) >= 11 is 0. The summed E-state index contributed by atoms with van der Waals surface area (Å²) in [5.41, 5.74) is 0. The van der Waals surface area contributed by atoms with Crippen LogP contribution in [0.4, 0.5) is 0 Å². The van der Waals surface area contributed by atoms with Crippen molar-refractivity contribution in [2.75, 3.05) is 0 Å². The van der Waals surface area contributed by atoms with Crippen molar-refractivity contribution in [2.24, 2.45) is 0 Å². The molecule has 0 aliphatic carbocycles. The third-order valence-corrected chi connectivity index (χ3v) is 8.89. The van der Waals surface area contributed by atoms with E-state index in [2.05, 4.69) is 78.0 Å². The van der Waals surface area contributed by atoms with Crippen LogP contribution in [0.15, 0.2) is 146 Å². The second kappa shape index (κ2) is 88.6. The first-order valence-corrected chi connectivity index (χ1v) is 26.1. The van der Waals surface area contributed by atoms with Gasteiger partial charge < -0.3 is 0 Å². The van der Waals surface area contributed by atoms with E-state index >= 15 is 0 Å². The van der Waals surface area contributed by atoms with Crippen molar-refractivity contribution in [3.8, 4) is 0 Å². The smallest absolute Gasteiger partial charge is 0.142 e. The molecule has 6 heteroatoms. The van der Waals surface area contributed by atoms with E-state index in [1.54, 1.807) is 36.5 Å². The van der Waals surface area contributed by atoms with Crippen LogP contribution >= 0.6 is 0 Å².